The monoisotopic (exact) mass is 236 g/mol. The predicted octanol–water partition coefficient (Wildman–Crippen LogP) is 3.21. The lowest BCUT2D eigenvalue weighted by Crippen LogP contribution is -2.07. The average molecular weight is 236 g/mol. The molecule has 0 aromatic heterocycles. The molecule has 0 aliphatic rings. The van der Waals surface area contributed by atoms with E-state index in [2.05, 4.69) is 37.8 Å². The Kier molecular flexibility index (Phi) is 5.12. The summed E-state index contributed by atoms with van der Waals surface area (Å²) in [5.41, 5.74) is 1.69. The number of carbonyl (C=O) groups is 1. The first-order valence-corrected chi connectivity index (χ1v) is 6.10. The molecule has 0 heterocycles. The fourth-order valence-electron chi connectivity index (χ4n) is 1.05. The lowest BCUT2D eigenvalue weighted by atomic mass is 10.2. The molecule has 3 heteroatoms. The van der Waals surface area contributed by atoms with Crippen molar-refractivity contribution in [2.24, 2.45) is 0 Å². The van der Waals surface area contributed by atoms with Gasteiger partial charge in [-0.05, 0) is 26.0 Å². The smallest absolute Gasteiger partial charge is 0.333 e. The van der Waals surface area contributed by atoms with E-state index >= 15 is 0 Å². The number of hydrogen-bond donors (Lipinski definition) is 0. The second kappa shape index (κ2) is 6.38. The zero-order valence-electron chi connectivity index (χ0n) is 9.66. The first kappa shape index (κ1) is 12.8. The largest absolute Gasteiger partial charge is 0.461 e. The van der Waals surface area contributed by atoms with Gasteiger partial charge in [-0.2, -0.15) is 0 Å². The number of esters is 1. The predicted molar refractivity (Wildman–Crippen MR) is 67.7 cm³/mol. The van der Waals surface area contributed by atoms with Gasteiger partial charge in [0.1, 0.15) is 6.61 Å². The number of aryl methyl sites for hydroxylation is 1. The molecule has 0 aliphatic carbocycles. The van der Waals surface area contributed by atoms with Crippen LogP contribution in [-0.4, -0.2) is 18.3 Å². The molecule has 86 valence electrons. The van der Waals surface area contributed by atoms with Crippen LogP contribution >= 0.6 is 11.8 Å². The van der Waals surface area contributed by atoms with E-state index in [4.69, 9.17) is 4.74 Å². The molecule has 0 bridgehead atoms. The van der Waals surface area contributed by atoms with Gasteiger partial charge in [0.05, 0.1) is 0 Å². The highest BCUT2D eigenvalue weighted by Crippen LogP contribution is 2.17. The lowest BCUT2D eigenvalue weighted by Gasteiger charge is -2.04. The number of carbonyl (C=O) groups excluding carboxylic acids is 1. The quantitative estimate of drug-likeness (QED) is 0.340. The molecule has 1 rings (SSSR count). The van der Waals surface area contributed by atoms with Gasteiger partial charge >= 0.3 is 5.97 Å². The first-order valence-electron chi connectivity index (χ1n) is 5.11. The van der Waals surface area contributed by atoms with E-state index in [9.17, 15) is 4.79 Å². The van der Waals surface area contributed by atoms with Crippen molar-refractivity contribution >= 4 is 17.7 Å². The average Bonchev–Trinajstić information content (AvgIpc) is 2.26. The van der Waals surface area contributed by atoms with Crippen LogP contribution in [0, 0.1) is 6.92 Å². The van der Waals surface area contributed by atoms with E-state index in [0.29, 0.717) is 12.2 Å². The van der Waals surface area contributed by atoms with Crippen LogP contribution in [0.2, 0.25) is 0 Å². The summed E-state index contributed by atoms with van der Waals surface area (Å²) in [6.07, 6.45) is 0. The van der Waals surface area contributed by atoms with Gasteiger partial charge in [0.2, 0.25) is 0 Å². The minimum atomic E-state index is -0.315. The highest BCUT2D eigenvalue weighted by molar-refractivity contribution is 7.99. The molecule has 1 aromatic carbocycles. The number of rotatable bonds is 5. The normalized spacial score (nSPS) is 9.88. The Morgan fingerprint density at radius 2 is 2.00 bits per heavy atom. The topological polar surface area (TPSA) is 26.3 Å². The maximum absolute atomic E-state index is 11.1. The van der Waals surface area contributed by atoms with Crippen LogP contribution in [0.4, 0.5) is 0 Å². The zero-order chi connectivity index (χ0) is 12.0. The summed E-state index contributed by atoms with van der Waals surface area (Å²) in [5.74, 6) is 0.451. The maximum atomic E-state index is 11.1. The molecular weight excluding hydrogens is 220 g/mol. The third-order valence-corrected chi connectivity index (χ3v) is 2.93. The highest BCUT2D eigenvalue weighted by atomic mass is 32.2. The van der Waals surface area contributed by atoms with Crippen molar-refractivity contribution in [1.29, 1.82) is 0 Å². The molecule has 0 N–H and O–H groups in total. The van der Waals surface area contributed by atoms with Crippen molar-refractivity contribution in [2.75, 3.05) is 12.4 Å². The van der Waals surface area contributed by atoms with Crippen LogP contribution in [-0.2, 0) is 9.53 Å². The van der Waals surface area contributed by atoms with E-state index in [1.807, 2.05) is 0 Å². The molecule has 16 heavy (non-hydrogen) atoms. The van der Waals surface area contributed by atoms with Crippen molar-refractivity contribution in [3.05, 3.63) is 42.0 Å². The maximum Gasteiger partial charge on any atom is 0.333 e. The van der Waals surface area contributed by atoms with E-state index in [0.717, 1.165) is 5.75 Å². The van der Waals surface area contributed by atoms with Crippen LogP contribution < -0.4 is 0 Å². The molecule has 0 unspecified atom stereocenters. The zero-order valence-corrected chi connectivity index (χ0v) is 10.5. The summed E-state index contributed by atoms with van der Waals surface area (Å²) in [7, 11) is 0. The Bertz CT molecular complexity index is 368. The van der Waals surface area contributed by atoms with Gasteiger partial charge in [-0.1, -0.05) is 24.3 Å². The third-order valence-electron chi connectivity index (χ3n) is 1.95. The van der Waals surface area contributed by atoms with Gasteiger partial charge in [-0.15, -0.1) is 11.8 Å². The van der Waals surface area contributed by atoms with Crippen LogP contribution in [0.5, 0.6) is 0 Å². The van der Waals surface area contributed by atoms with Gasteiger partial charge in [0.15, 0.2) is 0 Å². The molecule has 1 aromatic rings. The van der Waals surface area contributed by atoms with Gasteiger partial charge in [0, 0.05) is 16.2 Å². The minimum Gasteiger partial charge on any atom is -0.461 e. The third kappa shape index (κ3) is 4.53. The number of ether oxygens (including phenoxy) is 1. The lowest BCUT2D eigenvalue weighted by molar-refractivity contribution is -0.138. The summed E-state index contributed by atoms with van der Waals surface area (Å²) >= 11 is 1.68. The Morgan fingerprint density at radius 3 is 2.56 bits per heavy atom. The molecule has 0 aliphatic heterocycles. The fraction of sp³-hybridized carbons (Fsp3) is 0.308. The molecular formula is C13H16O2S. The van der Waals surface area contributed by atoms with Crippen LogP contribution in [0.15, 0.2) is 41.3 Å². The molecule has 0 atom stereocenters. The first-order chi connectivity index (χ1) is 7.59. The molecule has 0 spiro atoms. The van der Waals surface area contributed by atoms with E-state index in [1.165, 1.54) is 10.5 Å². The van der Waals surface area contributed by atoms with Crippen molar-refractivity contribution in [3.63, 3.8) is 0 Å². The van der Waals surface area contributed by atoms with Gasteiger partial charge in [-0.3, -0.25) is 0 Å². The summed E-state index contributed by atoms with van der Waals surface area (Å²) in [6, 6.07) is 8.28. The molecule has 0 saturated heterocycles. The highest BCUT2D eigenvalue weighted by Gasteiger charge is 2.02. The number of thioether (sulfide) groups is 1. The molecule has 0 amide bonds. The number of hydrogen-bond acceptors (Lipinski definition) is 3. The van der Waals surface area contributed by atoms with Crippen molar-refractivity contribution in [2.45, 2.75) is 18.7 Å². The van der Waals surface area contributed by atoms with Gasteiger partial charge in [-0.25, -0.2) is 4.79 Å². The van der Waals surface area contributed by atoms with Crippen LogP contribution in [0.25, 0.3) is 0 Å². The second-order valence-electron chi connectivity index (χ2n) is 3.58. The van der Waals surface area contributed by atoms with Crippen LogP contribution in [0.1, 0.15) is 12.5 Å². The van der Waals surface area contributed by atoms with Gasteiger partial charge in [0.25, 0.3) is 0 Å². The van der Waals surface area contributed by atoms with E-state index in [-0.39, 0.29) is 5.97 Å². The standard InChI is InChI=1S/C13H16O2S/c1-10(2)13(14)15-8-9-16-12-6-4-11(3)5-7-12/h4-7H,1,8-9H2,2-3H3. The minimum absolute atomic E-state index is 0.315. The second-order valence-corrected chi connectivity index (χ2v) is 4.75. The molecule has 0 saturated carbocycles. The molecule has 0 fully saturated rings. The fourth-order valence-corrected chi connectivity index (χ4v) is 1.78. The van der Waals surface area contributed by atoms with Crippen molar-refractivity contribution in [3.8, 4) is 0 Å². The summed E-state index contributed by atoms with van der Waals surface area (Å²) in [5, 5.41) is 0. The van der Waals surface area contributed by atoms with E-state index in [1.54, 1.807) is 18.7 Å². The molecule has 0 radical (unpaired) electrons. The van der Waals surface area contributed by atoms with Crippen molar-refractivity contribution in [1.82, 2.24) is 0 Å². The Balaban J connectivity index is 2.23. The molecule has 2 nitrogen and oxygen atoms in total. The van der Waals surface area contributed by atoms with Crippen molar-refractivity contribution < 1.29 is 9.53 Å². The number of benzene rings is 1. The van der Waals surface area contributed by atoms with Gasteiger partial charge < -0.3 is 4.74 Å². The SMILES string of the molecule is C=C(C)C(=O)OCCSc1ccc(C)cc1. The summed E-state index contributed by atoms with van der Waals surface area (Å²) in [4.78, 5) is 12.3. The van der Waals surface area contributed by atoms with Crippen LogP contribution in [0.3, 0.4) is 0 Å². The summed E-state index contributed by atoms with van der Waals surface area (Å²) < 4.78 is 4.99. The summed E-state index contributed by atoms with van der Waals surface area (Å²) in [6.45, 7) is 7.65. The van der Waals surface area contributed by atoms with E-state index < -0.39 is 0 Å². The Morgan fingerprint density at radius 1 is 1.38 bits per heavy atom. The Hall–Kier alpha value is -1.22. The Labute approximate surface area is 101 Å².